The van der Waals surface area contributed by atoms with E-state index in [1.807, 2.05) is 52.8 Å². The number of halogens is 1. The van der Waals surface area contributed by atoms with E-state index in [-0.39, 0.29) is 17.2 Å². The zero-order valence-corrected chi connectivity index (χ0v) is 14.8. The molecule has 1 heterocycles. The second-order valence-corrected chi connectivity index (χ2v) is 6.94. The quantitative estimate of drug-likeness (QED) is 0.485. The van der Waals surface area contributed by atoms with Crippen LogP contribution in [0.25, 0.3) is 0 Å². The molecule has 0 amide bonds. The third-order valence-electron chi connectivity index (χ3n) is 4.39. The summed E-state index contributed by atoms with van der Waals surface area (Å²) in [4.78, 5) is 4.25. The van der Waals surface area contributed by atoms with Crippen LogP contribution in [0.1, 0.15) is 46.2 Å². The summed E-state index contributed by atoms with van der Waals surface area (Å²) in [7, 11) is 1.16. The van der Waals surface area contributed by atoms with Gasteiger partial charge in [0.2, 0.25) is 0 Å². The number of benzene rings is 1. The number of hydrogen-bond donors (Lipinski definition) is 0. The van der Waals surface area contributed by atoms with E-state index in [0.717, 1.165) is 11.0 Å². The van der Waals surface area contributed by atoms with Crippen molar-refractivity contribution >= 4 is 38.6 Å². The highest BCUT2D eigenvalue weighted by molar-refractivity contribution is 6.62. The Morgan fingerprint density at radius 2 is 1.86 bits per heavy atom. The Labute approximate surface area is 138 Å². The molecule has 1 atom stereocenters. The van der Waals surface area contributed by atoms with E-state index in [1.165, 1.54) is 6.40 Å². The van der Waals surface area contributed by atoms with Gasteiger partial charge in [-0.1, -0.05) is 23.7 Å². The van der Waals surface area contributed by atoms with Crippen LogP contribution in [0.5, 0.6) is 0 Å². The van der Waals surface area contributed by atoms with Crippen LogP contribution in [0.4, 0.5) is 0 Å². The van der Waals surface area contributed by atoms with Gasteiger partial charge in [-0.15, -0.1) is 0 Å². The lowest BCUT2D eigenvalue weighted by Gasteiger charge is -2.32. The molecule has 1 aliphatic rings. The molecule has 1 aromatic carbocycles. The summed E-state index contributed by atoms with van der Waals surface area (Å²) in [5.41, 5.74) is 1.13. The lowest BCUT2D eigenvalue weighted by atomic mass is 9.78. The lowest BCUT2D eigenvalue weighted by Crippen LogP contribution is -2.41. The first-order chi connectivity index (χ1) is 10.2. The third-order valence-corrected chi connectivity index (χ3v) is 4.72. The molecule has 2 rings (SSSR count). The van der Waals surface area contributed by atoms with Gasteiger partial charge in [-0.3, -0.25) is 4.99 Å². The van der Waals surface area contributed by atoms with E-state index < -0.39 is 7.12 Å². The average Bonchev–Trinajstić information content (AvgIpc) is 2.64. The van der Waals surface area contributed by atoms with Crippen LogP contribution in [0.3, 0.4) is 0 Å². The summed E-state index contributed by atoms with van der Waals surface area (Å²) in [5, 5.41) is 0.646. The van der Waals surface area contributed by atoms with Crippen LogP contribution >= 0.6 is 11.6 Å². The second-order valence-electron chi connectivity index (χ2n) is 6.54. The predicted octanol–water partition coefficient (Wildman–Crippen LogP) is 2.29. The Morgan fingerprint density at radius 3 is 2.36 bits per heavy atom. The minimum atomic E-state index is -0.408. The van der Waals surface area contributed by atoms with Gasteiger partial charge in [-0.2, -0.15) is 0 Å². The fourth-order valence-electron chi connectivity index (χ4n) is 2.24. The van der Waals surface area contributed by atoms with Crippen LogP contribution < -0.4 is 5.46 Å². The molecule has 4 nitrogen and oxygen atoms in total. The summed E-state index contributed by atoms with van der Waals surface area (Å²) in [5.74, 6) is 0. The van der Waals surface area contributed by atoms with Crippen LogP contribution in [-0.2, 0) is 14.0 Å². The molecule has 0 N–H and O–H groups in total. The Hall–Kier alpha value is -0.970. The van der Waals surface area contributed by atoms with Crippen LogP contribution in [0.15, 0.2) is 23.2 Å². The van der Waals surface area contributed by atoms with Gasteiger partial charge in [0.15, 0.2) is 6.40 Å². The molecule has 22 heavy (non-hydrogen) atoms. The summed E-state index contributed by atoms with van der Waals surface area (Å²) < 4.78 is 16.9. The fraction of sp³-hybridized carbons (Fsp3) is 0.533. The van der Waals surface area contributed by atoms with Crippen molar-refractivity contribution in [1.82, 2.24) is 0 Å². The molecule has 0 saturated carbocycles. The number of hydrogen-bond acceptors (Lipinski definition) is 4. The molecule has 1 unspecified atom stereocenters. The largest absolute Gasteiger partial charge is 0.560 e. The highest BCUT2D eigenvalue weighted by Gasteiger charge is 2.51. The Bertz CT molecular complexity index is 562. The van der Waals surface area contributed by atoms with Gasteiger partial charge >= 0.3 is 15.2 Å². The standard InChI is InChI=1S/C15H22B2ClNO3/c1-10(19-9-20-16)12-7-6-11(8-13(12)18)17-21-14(2,3)15(4,5)22-17/h6-10H,16H2,1-5H3. The molecule has 0 bridgehead atoms. The predicted molar refractivity (Wildman–Crippen MR) is 93.7 cm³/mol. The normalized spacial score (nSPS) is 21.3. The molecule has 7 heteroatoms. The van der Waals surface area contributed by atoms with Crippen LogP contribution in [0, 0.1) is 0 Å². The lowest BCUT2D eigenvalue weighted by molar-refractivity contribution is 0.00578. The molecular weight excluding hydrogens is 299 g/mol. The fourth-order valence-corrected chi connectivity index (χ4v) is 2.59. The highest BCUT2D eigenvalue weighted by atomic mass is 35.5. The highest BCUT2D eigenvalue weighted by Crippen LogP contribution is 2.36. The topological polar surface area (TPSA) is 40.0 Å². The van der Waals surface area contributed by atoms with Crippen molar-refractivity contribution in [1.29, 1.82) is 0 Å². The molecule has 1 saturated heterocycles. The zero-order chi connectivity index (χ0) is 16.5. The Balaban J connectivity index is 2.22. The minimum absolute atomic E-state index is 0.0696. The molecule has 1 aromatic rings. The maximum Gasteiger partial charge on any atom is 0.494 e. The molecular formula is C15H22B2ClNO3. The van der Waals surface area contributed by atoms with Crippen molar-refractivity contribution in [2.24, 2.45) is 4.99 Å². The zero-order valence-electron chi connectivity index (χ0n) is 14.0. The first kappa shape index (κ1) is 17.4. The summed E-state index contributed by atoms with van der Waals surface area (Å²) in [6.45, 7) is 10.1. The summed E-state index contributed by atoms with van der Waals surface area (Å²) in [6, 6.07) is 5.75. The van der Waals surface area contributed by atoms with E-state index >= 15 is 0 Å². The van der Waals surface area contributed by atoms with Gasteiger partial charge in [-0.05, 0) is 51.7 Å². The van der Waals surface area contributed by atoms with Gasteiger partial charge in [0.25, 0.3) is 0 Å². The second kappa shape index (κ2) is 6.26. The van der Waals surface area contributed by atoms with Gasteiger partial charge in [0, 0.05) is 5.02 Å². The van der Waals surface area contributed by atoms with E-state index in [2.05, 4.69) is 4.99 Å². The van der Waals surface area contributed by atoms with Crippen molar-refractivity contribution in [3.8, 4) is 0 Å². The molecule has 1 aliphatic heterocycles. The number of nitrogens with zero attached hydrogens (tertiary/aromatic N) is 1. The van der Waals surface area contributed by atoms with Crippen molar-refractivity contribution in [3.05, 3.63) is 28.8 Å². The van der Waals surface area contributed by atoms with Crippen LogP contribution in [0.2, 0.25) is 5.02 Å². The summed E-state index contributed by atoms with van der Waals surface area (Å²) in [6.07, 6.45) is 1.42. The smallest absolute Gasteiger partial charge is 0.494 e. The first-order valence-corrected chi connectivity index (χ1v) is 7.75. The van der Waals surface area contributed by atoms with Crippen molar-refractivity contribution in [2.45, 2.75) is 51.9 Å². The average molecular weight is 321 g/mol. The third kappa shape index (κ3) is 3.34. The molecule has 1 fully saturated rings. The Kier molecular flexibility index (Phi) is 4.95. The molecule has 0 aromatic heterocycles. The number of aliphatic imine (C=N–C) groups is 1. The van der Waals surface area contributed by atoms with Crippen molar-refractivity contribution in [2.75, 3.05) is 0 Å². The van der Waals surface area contributed by atoms with Gasteiger partial charge in [0.1, 0.15) is 0 Å². The van der Waals surface area contributed by atoms with E-state index in [9.17, 15) is 0 Å². The van der Waals surface area contributed by atoms with E-state index in [4.69, 9.17) is 25.6 Å². The molecule has 0 aliphatic carbocycles. The van der Waals surface area contributed by atoms with Crippen molar-refractivity contribution in [3.63, 3.8) is 0 Å². The molecule has 0 spiro atoms. The van der Waals surface area contributed by atoms with Gasteiger partial charge in [-0.25, -0.2) is 0 Å². The maximum atomic E-state index is 6.40. The van der Waals surface area contributed by atoms with Crippen LogP contribution in [-0.4, -0.2) is 32.8 Å². The van der Waals surface area contributed by atoms with E-state index in [0.29, 0.717) is 5.02 Å². The SMILES string of the molecule is BOC=NC(C)c1ccc(B2OC(C)(C)C(C)(C)O2)cc1Cl. The number of rotatable bonds is 4. The maximum absolute atomic E-state index is 6.40. The van der Waals surface area contributed by atoms with Crippen molar-refractivity contribution < 1.29 is 14.0 Å². The monoisotopic (exact) mass is 321 g/mol. The van der Waals surface area contributed by atoms with Gasteiger partial charge in [0.05, 0.1) is 17.2 Å². The molecule has 118 valence electrons. The Morgan fingerprint density at radius 1 is 1.27 bits per heavy atom. The molecule has 0 radical (unpaired) electrons. The first-order valence-electron chi connectivity index (χ1n) is 7.37. The van der Waals surface area contributed by atoms with Gasteiger partial charge < -0.3 is 14.0 Å². The van der Waals surface area contributed by atoms with E-state index in [1.54, 1.807) is 8.05 Å². The summed E-state index contributed by atoms with van der Waals surface area (Å²) >= 11 is 6.40. The minimum Gasteiger partial charge on any atom is -0.560 e.